The zero-order chi connectivity index (χ0) is 13.3. The van der Waals surface area contributed by atoms with Gasteiger partial charge in [0.25, 0.3) is 0 Å². The molecule has 1 heterocycles. The van der Waals surface area contributed by atoms with Crippen LogP contribution in [-0.4, -0.2) is 7.05 Å². The number of rotatable bonds is 3. The highest BCUT2D eigenvalue weighted by atomic mass is 32.1. The minimum atomic E-state index is -0.146. The molecular weight excluding hydrogens is 245 g/mol. The number of benzene rings is 1. The van der Waals surface area contributed by atoms with Gasteiger partial charge in [-0.3, -0.25) is 0 Å². The predicted octanol–water partition coefficient (Wildman–Crippen LogP) is 4.12. The van der Waals surface area contributed by atoms with Crippen LogP contribution in [0.15, 0.2) is 24.3 Å². The Morgan fingerprint density at radius 2 is 1.83 bits per heavy atom. The van der Waals surface area contributed by atoms with Gasteiger partial charge >= 0.3 is 0 Å². The lowest BCUT2D eigenvalue weighted by Gasteiger charge is -2.15. The molecule has 0 spiro atoms. The smallest absolute Gasteiger partial charge is 0.126 e. The third kappa shape index (κ3) is 2.47. The summed E-state index contributed by atoms with van der Waals surface area (Å²) in [5, 5.41) is 3.31. The van der Waals surface area contributed by atoms with Crippen molar-refractivity contribution in [3.63, 3.8) is 0 Å². The van der Waals surface area contributed by atoms with E-state index < -0.39 is 0 Å². The Hall–Kier alpha value is -1.19. The standard InChI is InChI=1S/C15H18FNS/c1-9-8-14(18-11(9)3)15(17-4)12-5-6-13(16)10(2)7-12/h5-8,15,17H,1-4H3. The minimum Gasteiger partial charge on any atom is -0.309 e. The molecule has 3 heteroatoms. The molecule has 0 saturated heterocycles. The number of hydrogen-bond acceptors (Lipinski definition) is 2. The molecule has 96 valence electrons. The fraction of sp³-hybridized carbons (Fsp3) is 0.333. The Morgan fingerprint density at radius 3 is 2.33 bits per heavy atom. The normalized spacial score (nSPS) is 12.7. The molecule has 0 saturated carbocycles. The summed E-state index contributed by atoms with van der Waals surface area (Å²) in [5.74, 6) is -0.146. The molecule has 0 radical (unpaired) electrons. The molecule has 0 aliphatic carbocycles. The molecule has 18 heavy (non-hydrogen) atoms. The molecule has 0 aliphatic rings. The van der Waals surface area contributed by atoms with Crippen molar-refractivity contribution in [1.82, 2.24) is 5.32 Å². The van der Waals surface area contributed by atoms with E-state index in [1.54, 1.807) is 24.3 Å². The van der Waals surface area contributed by atoms with Gasteiger partial charge in [0.15, 0.2) is 0 Å². The van der Waals surface area contributed by atoms with E-state index in [0.717, 1.165) is 5.56 Å². The zero-order valence-electron chi connectivity index (χ0n) is 11.2. The van der Waals surface area contributed by atoms with Gasteiger partial charge in [0.05, 0.1) is 6.04 Å². The molecule has 1 aromatic heterocycles. The van der Waals surface area contributed by atoms with E-state index in [-0.39, 0.29) is 11.9 Å². The first-order chi connectivity index (χ1) is 8.52. The number of halogens is 1. The fourth-order valence-electron chi connectivity index (χ4n) is 2.06. The maximum Gasteiger partial charge on any atom is 0.126 e. The highest BCUT2D eigenvalue weighted by Crippen LogP contribution is 2.31. The summed E-state index contributed by atoms with van der Waals surface area (Å²) >= 11 is 1.80. The van der Waals surface area contributed by atoms with E-state index in [4.69, 9.17) is 0 Å². The molecule has 1 aromatic carbocycles. The number of hydrogen-bond donors (Lipinski definition) is 1. The van der Waals surface area contributed by atoms with Gasteiger partial charge in [-0.05, 0) is 56.6 Å². The molecule has 1 N–H and O–H groups in total. The lowest BCUT2D eigenvalue weighted by atomic mass is 10.0. The average molecular weight is 263 g/mol. The summed E-state index contributed by atoms with van der Waals surface area (Å²) in [5.41, 5.74) is 3.12. The van der Waals surface area contributed by atoms with Gasteiger partial charge in [-0.25, -0.2) is 4.39 Å². The third-order valence-corrected chi connectivity index (χ3v) is 4.49. The lowest BCUT2D eigenvalue weighted by molar-refractivity contribution is 0.614. The average Bonchev–Trinajstić information content (AvgIpc) is 2.65. The van der Waals surface area contributed by atoms with Gasteiger partial charge in [-0.15, -0.1) is 11.3 Å². The maximum atomic E-state index is 13.3. The molecule has 1 unspecified atom stereocenters. The quantitative estimate of drug-likeness (QED) is 0.878. The van der Waals surface area contributed by atoms with E-state index in [1.807, 2.05) is 19.2 Å². The van der Waals surface area contributed by atoms with Crippen molar-refractivity contribution in [3.05, 3.63) is 56.5 Å². The Kier molecular flexibility index (Phi) is 3.83. The Bertz CT molecular complexity index is 540. The number of thiophene rings is 1. The van der Waals surface area contributed by atoms with Crippen LogP contribution in [-0.2, 0) is 0 Å². The maximum absolute atomic E-state index is 13.3. The number of aryl methyl sites for hydroxylation is 3. The molecule has 0 bridgehead atoms. The minimum absolute atomic E-state index is 0.140. The van der Waals surface area contributed by atoms with Gasteiger partial charge in [0.1, 0.15) is 5.82 Å². The molecule has 0 fully saturated rings. The largest absolute Gasteiger partial charge is 0.309 e. The van der Waals surface area contributed by atoms with Crippen LogP contribution in [0.1, 0.15) is 32.5 Å². The van der Waals surface area contributed by atoms with Gasteiger partial charge in [0.2, 0.25) is 0 Å². The zero-order valence-corrected chi connectivity index (χ0v) is 12.0. The first kappa shape index (κ1) is 13.2. The van der Waals surface area contributed by atoms with Crippen molar-refractivity contribution in [3.8, 4) is 0 Å². The molecule has 1 atom stereocenters. The van der Waals surface area contributed by atoms with E-state index in [2.05, 4.69) is 25.2 Å². The van der Waals surface area contributed by atoms with Crippen LogP contribution in [0.3, 0.4) is 0 Å². The summed E-state index contributed by atoms with van der Waals surface area (Å²) in [6.07, 6.45) is 0. The topological polar surface area (TPSA) is 12.0 Å². The summed E-state index contributed by atoms with van der Waals surface area (Å²) in [6, 6.07) is 7.67. The van der Waals surface area contributed by atoms with Crippen LogP contribution in [0.4, 0.5) is 4.39 Å². The van der Waals surface area contributed by atoms with Gasteiger partial charge in [-0.2, -0.15) is 0 Å². The molecular formula is C15H18FNS. The van der Waals surface area contributed by atoms with Crippen molar-refractivity contribution in [2.45, 2.75) is 26.8 Å². The summed E-state index contributed by atoms with van der Waals surface area (Å²) in [4.78, 5) is 2.61. The monoisotopic (exact) mass is 263 g/mol. The van der Waals surface area contributed by atoms with Gasteiger partial charge < -0.3 is 5.32 Å². The van der Waals surface area contributed by atoms with Crippen LogP contribution in [0, 0.1) is 26.6 Å². The molecule has 2 rings (SSSR count). The van der Waals surface area contributed by atoms with E-state index in [1.165, 1.54) is 15.3 Å². The van der Waals surface area contributed by atoms with Gasteiger partial charge in [0, 0.05) is 9.75 Å². The number of nitrogens with one attached hydrogen (secondary N) is 1. The second-order valence-electron chi connectivity index (χ2n) is 4.62. The third-order valence-electron chi connectivity index (χ3n) is 3.27. The Morgan fingerprint density at radius 1 is 1.11 bits per heavy atom. The lowest BCUT2D eigenvalue weighted by Crippen LogP contribution is -2.16. The summed E-state index contributed by atoms with van der Waals surface area (Å²) < 4.78 is 13.3. The predicted molar refractivity (Wildman–Crippen MR) is 75.8 cm³/mol. The molecule has 0 aliphatic heterocycles. The van der Waals surface area contributed by atoms with Crippen molar-refractivity contribution < 1.29 is 4.39 Å². The van der Waals surface area contributed by atoms with Crippen LogP contribution < -0.4 is 5.32 Å². The summed E-state index contributed by atoms with van der Waals surface area (Å²) in [6.45, 7) is 6.06. The second-order valence-corrected chi connectivity index (χ2v) is 5.91. The SMILES string of the molecule is CNC(c1ccc(F)c(C)c1)c1cc(C)c(C)s1. The van der Waals surface area contributed by atoms with Crippen LogP contribution >= 0.6 is 11.3 Å². The van der Waals surface area contributed by atoms with Crippen molar-refractivity contribution in [2.24, 2.45) is 0 Å². The Labute approximate surface area is 112 Å². The van der Waals surface area contributed by atoms with E-state index in [0.29, 0.717) is 5.56 Å². The van der Waals surface area contributed by atoms with Crippen molar-refractivity contribution in [2.75, 3.05) is 7.05 Å². The first-order valence-corrected chi connectivity index (χ1v) is 6.85. The highest BCUT2D eigenvalue weighted by Gasteiger charge is 2.16. The van der Waals surface area contributed by atoms with Crippen molar-refractivity contribution >= 4 is 11.3 Å². The molecule has 2 aromatic rings. The first-order valence-electron chi connectivity index (χ1n) is 6.03. The van der Waals surface area contributed by atoms with Crippen LogP contribution in [0.2, 0.25) is 0 Å². The second kappa shape index (κ2) is 5.21. The van der Waals surface area contributed by atoms with Crippen molar-refractivity contribution in [1.29, 1.82) is 0 Å². The van der Waals surface area contributed by atoms with E-state index >= 15 is 0 Å². The van der Waals surface area contributed by atoms with Crippen LogP contribution in [0.5, 0.6) is 0 Å². The van der Waals surface area contributed by atoms with Crippen LogP contribution in [0.25, 0.3) is 0 Å². The van der Waals surface area contributed by atoms with Gasteiger partial charge in [-0.1, -0.05) is 12.1 Å². The Balaban J connectivity index is 2.41. The highest BCUT2D eigenvalue weighted by molar-refractivity contribution is 7.12. The molecule has 1 nitrogen and oxygen atoms in total. The molecule has 0 amide bonds. The van der Waals surface area contributed by atoms with E-state index in [9.17, 15) is 4.39 Å². The summed E-state index contributed by atoms with van der Waals surface area (Å²) in [7, 11) is 1.94. The fourth-order valence-corrected chi connectivity index (χ4v) is 3.25.